The number of primary amides is 1. The SMILES string of the molecule is Cn1cc(S(=O)(=O)N2CCC(C(=O)NCc3ccc(S(N)(=O)=O)s3)CC2)cc1C(N)=O. The Morgan fingerprint density at radius 1 is 1.19 bits per heavy atom. The van der Waals surface area contributed by atoms with E-state index in [0.29, 0.717) is 17.7 Å². The molecule has 0 bridgehead atoms. The van der Waals surface area contributed by atoms with Gasteiger partial charge >= 0.3 is 0 Å². The third-order valence-electron chi connectivity index (χ3n) is 5.05. The Bertz CT molecular complexity index is 1210. The van der Waals surface area contributed by atoms with Gasteiger partial charge in [0.2, 0.25) is 26.0 Å². The molecule has 2 amide bonds. The molecule has 1 aliphatic rings. The molecule has 31 heavy (non-hydrogen) atoms. The maximum atomic E-state index is 12.8. The summed E-state index contributed by atoms with van der Waals surface area (Å²) in [6, 6.07) is 4.21. The first-order valence-electron chi connectivity index (χ1n) is 9.25. The van der Waals surface area contributed by atoms with Crippen molar-refractivity contribution in [2.75, 3.05) is 13.1 Å². The molecule has 0 spiro atoms. The Morgan fingerprint density at radius 3 is 2.35 bits per heavy atom. The Morgan fingerprint density at radius 2 is 1.84 bits per heavy atom. The van der Waals surface area contributed by atoms with E-state index in [9.17, 15) is 26.4 Å². The van der Waals surface area contributed by atoms with E-state index in [2.05, 4.69) is 5.32 Å². The van der Waals surface area contributed by atoms with Gasteiger partial charge in [0.05, 0.1) is 6.54 Å². The van der Waals surface area contributed by atoms with Crippen LogP contribution in [-0.4, -0.2) is 50.6 Å². The van der Waals surface area contributed by atoms with E-state index in [4.69, 9.17) is 10.9 Å². The molecule has 0 unspecified atom stereocenters. The third-order valence-corrected chi connectivity index (χ3v) is 9.44. The second-order valence-corrected chi connectivity index (χ2v) is 12.1. The average Bonchev–Trinajstić information content (AvgIpc) is 3.33. The van der Waals surface area contributed by atoms with Gasteiger partial charge in [0.1, 0.15) is 14.8 Å². The van der Waals surface area contributed by atoms with Gasteiger partial charge in [-0.2, -0.15) is 4.31 Å². The fourth-order valence-corrected chi connectivity index (χ4v) is 6.61. The van der Waals surface area contributed by atoms with Crippen LogP contribution in [0, 0.1) is 5.92 Å². The molecule has 3 heterocycles. The molecule has 1 fully saturated rings. The second-order valence-electron chi connectivity index (χ2n) is 7.20. The number of hydrogen-bond acceptors (Lipinski definition) is 7. The lowest BCUT2D eigenvalue weighted by Gasteiger charge is -2.30. The van der Waals surface area contributed by atoms with Crippen LogP contribution in [0.3, 0.4) is 0 Å². The number of sulfonamides is 2. The van der Waals surface area contributed by atoms with Gasteiger partial charge in [0.15, 0.2) is 0 Å². The highest BCUT2D eigenvalue weighted by molar-refractivity contribution is 7.91. The summed E-state index contributed by atoms with van der Waals surface area (Å²) in [6.45, 7) is 0.489. The Kier molecular flexibility index (Phi) is 6.57. The molecular weight excluding hydrogens is 466 g/mol. The molecule has 0 radical (unpaired) electrons. The number of carbonyl (C=O) groups is 2. The highest BCUT2D eigenvalue weighted by Crippen LogP contribution is 2.25. The predicted molar refractivity (Wildman–Crippen MR) is 113 cm³/mol. The molecule has 0 saturated carbocycles. The van der Waals surface area contributed by atoms with Crippen LogP contribution in [0.15, 0.2) is 33.5 Å². The fraction of sp³-hybridized carbons (Fsp3) is 0.412. The minimum atomic E-state index is -3.81. The van der Waals surface area contributed by atoms with Crippen molar-refractivity contribution in [2.24, 2.45) is 23.8 Å². The largest absolute Gasteiger partial charge is 0.364 e. The number of primary sulfonamides is 1. The predicted octanol–water partition coefficient (Wildman–Crippen LogP) is -0.450. The molecule has 170 valence electrons. The van der Waals surface area contributed by atoms with Gasteiger partial charge in [0.25, 0.3) is 5.91 Å². The zero-order valence-corrected chi connectivity index (χ0v) is 19.1. The minimum absolute atomic E-state index is 0.0185. The van der Waals surface area contributed by atoms with Crippen LogP contribution in [0.25, 0.3) is 0 Å². The lowest BCUT2D eigenvalue weighted by Crippen LogP contribution is -2.42. The summed E-state index contributed by atoms with van der Waals surface area (Å²) in [5.74, 6) is -1.30. The Labute approximate surface area is 184 Å². The molecule has 1 aliphatic heterocycles. The number of carbonyl (C=O) groups excluding carboxylic acids is 2. The van der Waals surface area contributed by atoms with E-state index in [1.807, 2.05) is 0 Å². The zero-order valence-electron chi connectivity index (χ0n) is 16.6. The average molecular weight is 490 g/mol. The zero-order chi connectivity index (χ0) is 23.0. The molecule has 5 N–H and O–H groups in total. The van der Waals surface area contributed by atoms with Crippen molar-refractivity contribution >= 4 is 43.2 Å². The summed E-state index contributed by atoms with van der Waals surface area (Å²) < 4.78 is 51.0. The normalized spacial score (nSPS) is 16.3. The number of hydrogen-bond donors (Lipinski definition) is 3. The summed E-state index contributed by atoms with van der Waals surface area (Å²) in [7, 11) is -6.04. The maximum Gasteiger partial charge on any atom is 0.265 e. The molecule has 0 atom stereocenters. The summed E-state index contributed by atoms with van der Waals surface area (Å²) in [5, 5.41) is 7.83. The summed E-state index contributed by atoms with van der Waals surface area (Å²) in [5.41, 5.74) is 5.34. The first-order chi connectivity index (χ1) is 14.4. The topological polar surface area (TPSA) is 175 Å². The summed E-state index contributed by atoms with van der Waals surface area (Å²) >= 11 is 0.985. The fourth-order valence-electron chi connectivity index (χ4n) is 3.35. The first kappa shape index (κ1) is 23.4. The van der Waals surface area contributed by atoms with E-state index in [1.54, 1.807) is 6.07 Å². The van der Waals surface area contributed by atoms with E-state index < -0.39 is 26.0 Å². The van der Waals surface area contributed by atoms with Gasteiger partial charge in [-0.05, 0) is 31.0 Å². The first-order valence-corrected chi connectivity index (χ1v) is 13.1. The minimum Gasteiger partial charge on any atom is -0.364 e. The number of nitrogens with zero attached hydrogens (tertiary/aromatic N) is 2. The molecule has 1 saturated heterocycles. The van der Waals surface area contributed by atoms with Crippen LogP contribution in [0.4, 0.5) is 0 Å². The lowest BCUT2D eigenvalue weighted by molar-refractivity contribution is -0.126. The third kappa shape index (κ3) is 5.15. The van der Waals surface area contributed by atoms with Gasteiger partial charge in [-0.3, -0.25) is 9.59 Å². The standard InChI is InChI=1S/C17H23N5O6S3/c1-21-10-13(8-14(21)16(18)23)31(27,28)22-6-4-11(5-7-22)17(24)20-9-12-2-3-15(29-12)30(19,25)26/h2-3,8,10-11H,4-7,9H2,1H3,(H2,18,23)(H,20,24)(H2,19,25,26). The van der Waals surface area contributed by atoms with Crippen molar-refractivity contribution in [1.82, 2.24) is 14.2 Å². The quantitative estimate of drug-likeness (QED) is 0.475. The maximum absolute atomic E-state index is 12.8. The van der Waals surface area contributed by atoms with Crippen LogP contribution >= 0.6 is 11.3 Å². The highest BCUT2D eigenvalue weighted by Gasteiger charge is 2.33. The van der Waals surface area contributed by atoms with Crippen LogP contribution in [0.5, 0.6) is 0 Å². The number of thiophene rings is 1. The number of nitrogens with one attached hydrogen (secondary N) is 1. The molecule has 3 rings (SSSR count). The summed E-state index contributed by atoms with van der Waals surface area (Å²) in [4.78, 5) is 24.5. The van der Waals surface area contributed by atoms with Crippen molar-refractivity contribution in [3.05, 3.63) is 35.0 Å². The molecule has 11 nitrogen and oxygen atoms in total. The second kappa shape index (κ2) is 8.70. The smallest absolute Gasteiger partial charge is 0.265 e. The summed E-state index contributed by atoms with van der Waals surface area (Å²) in [6.07, 6.45) is 2.02. The number of aromatic nitrogens is 1. The van der Waals surface area contributed by atoms with E-state index in [1.165, 1.54) is 34.2 Å². The number of rotatable bonds is 7. The molecule has 0 aliphatic carbocycles. The van der Waals surface area contributed by atoms with E-state index >= 15 is 0 Å². The Hall–Kier alpha value is -2.26. The van der Waals surface area contributed by atoms with Crippen LogP contribution in [-0.2, 0) is 38.4 Å². The molecular formula is C17H23N5O6S3. The van der Waals surface area contributed by atoms with E-state index in [0.717, 1.165) is 11.3 Å². The van der Waals surface area contributed by atoms with Gasteiger partial charge in [-0.15, -0.1) is 11.3 Å². The van der Waals surface area contributed by atoms with Gasteiger partial charge < -0.3 is 15.6 Å². The number of amides is 2. The number of aryl methyl sites for hydroxylation is 1. The van der Waals surface area contributed by atoms with Crippen molar-refractivity contribution in [2.45, 2.75) is 28.5 Å². The molecule has 14 heteroatoms. The van der Waals surface area contributed by atoms with Crippen molar-refractivity contribution in [3.8, 4) is 0 Å². The molecule has 0 aromatic carbocycles. The van der Waals surface area contributed by atoms with Gasteiger partial charge in [0, 0.05) is 37.1 Å². The lowest BCUT2D eigenvalue weighted by atomic mass is 9.97. The highest BCUT2D eigenvalue weighted by atomic mass is 32.2. The molecule has 2 aromatic heterocycles. The van der Waals surface area contributed by atoms with Crippen molar-refractivity contribution < 1.29 is 26.4 Å². The van der Waals surface area contributed by atoms with E-state index in [-0.39, 0.29) is 46.3 Å². The molecule has 2 aromatic rings. The van der Waals surface area contributed by atoms with Gasteiger partial charge in [-0.1, -0.05) is 0 Å². The monoisotopic (exact) mass is 489 g/mol. The van der Waals surface area contributed by atoms with Crippen molar-refractivity contribution in [1.29, 1.82) is 0 Å². The van der Waals surface area contributed by atoms with Crippen molar-refractivity contribution in [3.63, 3.8) is 0 Å². The van der Waals surface area contributed by atoms with Crippen LogP contribution in [0.2, 0.25) is 0 Å². The number of piperidine rings is 1. The number of nitrogens with two attached hydrogens (primary N) is 2. The Balaban J connectivity index is 1.57. The van der Waals surface area contributed by atoms with Crippen LogP contribution < -0.4 is 16.2 Å². The van der Waals surface area contributed by atoms with Crippen LogP contribution in [0.1, 0.15) is 28.2 Å². The van der Waals surface area contributed by atoms with Gasteiger partial charge in [-0.25, -0.2) is 22.0 Å².